The van der Waals surface area contributed by atoms with E-state index in [9.17, 15) is 4.79 Å². The van der Waals surface area contributed by atoms with Crippen LogP contribution in [-0.2, 0) is 4.79 Å². The Kier molecular flexibility index (Phi) is 5.92. The Labute approximate surface area is 145 Å². The fourth-order valence-corrected chi connectivity index (χ4v) is 3.23. The molecule has 24 heavy (non-hydrogen) atoms. The maximum atomic E-state index is 11.9. The van der Waals surface area contributed by atoms with Gasteiger partial charge in [0.05, 0.1) is 0 Å². The molecule has 3 rings (SSSR count). The fourth-order valence-electron chi connectivity index (χ4n) is 2.56. The number of benzene rings is 1. The number of hydrogen-bond donors (Lipinski definition) is 2. The zero-order chi connectivity index (χ0) is 16.6. The topological polar surface area (TPSA) is 70.1 Å². The summed E-state index contributed by atoms with van der Waals surface area (Å²) in [6, 6.07) is 9.69. The molecule has 0 saturated carbocycles. The maximum Gasteiger partial charge on any atom is 0.250 e. The number of aromatic nitrogens is 2. The number of carbonyl (C=O) groups is 1. The number of anilines is 2. The van der Waals surface area contributed by atoms with Gasteiger partial charge in [-0.2, -0.15) is 0 Å². The standard InChI is InChI=1S/C17H21N5OS/c23-15(9-8-14-6-2-1-3-7-14)19-17-21-20-16(24-17)18-10-13-22-11-4-5-12-22/h1-3,6-9H,4-5,10-13H2,(H,18,20)(H,19,21,23). The molecule has 2 heterocycles. The van der Waals surface area contributed by atoms with Gasteiger partial charge in [-0.3, -0.25) is 10.1 Å². The summed E-state index contributed by atoms with van der Waals surface area (Å²) in [5, 5.41) is 15.3. The lowest BCUT2D eigenvalue weighted by molar-refractivity contribution is -0.111. The van der Waals surface area contributed by atoms with Gasteiger partial charge in [-0.05, 0) is 37.6 Å². The average molecular weight is 343 g/mol. The smallest absolute Gasteiger partial charge is 0.250 e. The first-order valence-electron chi connectivity index (χ1n) is 8.13. The van der Waals surface area contributed by atoms with Crippen molar-refractivity contribution in [2.75, 3.05) is 36.8 Å². The van der Waals surface area contributed by atoms with E-state index in [-0.39, 0.29) is 5.91 Å². The molecule has 2 N–H and O–H groups in total. The predicted molar refractivity (Wildman–Crippen MR) is 98.2 cm³/mol. The molecule has 1 amide bonds. The van der Waals surface area contributed by atoms with E-state index < -0.39 is 0 Å². The molecule has 0 bridgehead atoms. The molecule has 0 spiro atoms. The second kappa shape index (κ2) is 8.56. The molecule has 7 heteroatoms. The molecule has 0 unspecified atom stereocenters. The van der Waals surface area contributed by atoms with Gasteiger partial charge in [0.2, 0.25) is 16.2 Å². The van der Waals surface area contributed by atoms with E-state index >= 15 is 0 Å². The van der Waals surface area contributed by atoms with Crippen LogP contribution in [0, 0.1) is 0 Å². The van der Waals surface area contributed by atoms with Crippen molar-refractivity contribution in [2.24, 2.45) is 0 Å². The number of rotatable bonds is 7. The number of nitrogens with one attached hydrogen (secondary N) is 2. The van der Waals surface area contributed by atoms with Crippen molar-refractivity contribution in [3.8, 4) is 0 Å². The Bertz CT molecular complexity index is 679. The van der Waals surface area contributed by atoms with Gasteiger partial charge < -0.3 is 10.2 Å². The predicted octanol–water partition coefficient (Wildman–Crippen LogP) is 2.70. The lowest BCUT2D eigenvalue weighted by Crippen LogP contribution is -2.25. The first-order chi connectivity index (χ1) is 11.8. The highest BCUT2D eigenvalue weighted by Gasteiger charge is 2.11. The summed E-state index contributed by atoms with van der Waals surface area (Å²) in [5.41, 5.74) is 0.981. The Morgan fingerprint density at radius 1 is 1.17 bits per heavy atom. The Morgan fingerprint density at radius 2 is 1.92 bits per heavy atom. The molecule has 0 atom stereocenters. The van der Waals surface area contributed by atoms with Crippen LogP contribution in [0.25, 0.3) is 6.08 Å². The third-order valence-electron chi connectivity index (χ3n) is 3.78. The van der Waals surface area contributed by atoms with Crippen molar-refractivity contribution in [1.29, 1.82) is 0 Å². The summed E-state index contributed by atoms with van der Waals surface area (Å²) in [7, 11) is 0. The van der Waals surface area contributed by atoms with Crippen LogP contribution in [0.5, 0.6) is 0 Å². The normalized spacial score (nSPS) is 15.0. The monoisotopic (exact) mass is 343 g/mol. The second-order valence-corrected chi connectivity index (χ2v) is 6.60. The summed E-state index contributed by atoms with van der Waals surface area (Å²) in [4.78, 5) is 14.3. The third kappa shape index (κ3) is 5.14. The van der Waals surface area contributed by atoms with E-state index in [1.54, 1.807) is 6.08 Å². The summed E-state index contributed by atoms with van der Waals surface area (Å²) in [6.45, 7) is 4.23. The molecule has 6 nitrogen and oxygen atoms in total. The fraction of sp³-hybridized carbons (Fsp3) is 0.353. The van der Waals surface area contributed by atoms with E-state index in [1.807, 2.05) is 30.3 Å². The SMILES string of the molecule is O=C(C=Cc1ccccc1)Nc1nnc(NCCN2CCCC2)s1. The minimum absolute atomic E-state index is 0.210. The highest BCUT2D eigenvalue weighted by Crippen LogP contribution is 2.19. The van der Waals surface area contributed by atoms with Crippen LogP contribution in [0.2, 0.25) is 0 Å². The van der Waals surface area contributed by atoms with Crippen molar-refractivity contribution in [1.82, 2.24) is 15.1 Å². The summed E-state index contributed by atoms with van der Waals surface area (Å²) >= 11 is 1.35. The maximum absolute atomic E-state index is 11.9. The van der Waals surface area contributed by atoms with Crippen LogP contribution >= 0.6 is 11.3 Å². The number of hydrogen-bond acceptors (Lipinski definition) is 6. The lowest BCUT2D eigenvalue weighted by Gasteiger charge is -2.13. The van der Waals surface area contributed by atoms with Crippen LogP contribution < -0.4 is 10.6 Å². The summed E-state index contributed by atoms with van der Waals surface area (Å²) in [6.07, 6.45) is 5.86. The molecule has 1 saturated heterocycles. The molecule has 1 aliphatic heterocycles. The van der Waals surface area contributed by atoms with Crippen LogP contribution in [0.15, 0.2) is 36.4 Å². The largest absolute Gasteiger partial charge is 0.359 e. The summed E-state index contributed by atoms with van der Waals surface area (Å²) in [5.74, 6) is -0.210. The zero-order valence-electron chi connectivity index (χ0n) is 13.4. The lowest BCUT2D eigenvalue weighted by atomic mass is 10.2. The van der Waals surface area contributed by atoms with Crippen molar-refractivity contribution in [2.45, 2.75) is 12.8 Å². The van der Waals surface area contributed by atoms with Crippen LogP contribution in [-0.4, -0.2) is 47.2 Å². The molecule has 1 aromatic carbocycles. The molecule has 0 aliphatic carbocycles. The van der Waals surface area contributed by atoms with Crippen LogP contribution in [0.3, 0.4) is 0 Å². The Morgan fingerprint density at radius 3 is 2.71 bits per heavy atom. The molecule has 126 valence electrons. The van der Waals surface area contributed by atoms with Gasteiger partial charge in [0.1, 0.15) is 0 Å². The summed E-state index contributed by atoms with van der Waals surface area (Å²) < 4.78 is 0. The number of nitrogens with zero attached hydrogens (tertiary/aromatic N) is 3. The van der Waals surface area contributed by atoms with E-state index in [1.165, 1.54) is 43.3 Å². The molecule has 2 aromatic rings. The van der Waals surface area contributed by atoms with E-state index in [0.29, 0.717) is 5.13 Å². The van der Waals surface area contributed by atoms with E-state index in [0.717, 1.165) is 23.8 Å². The van der Waals surface area contributed by atoms with Crippen LogP contribution in [0.4, 0.5) is 10.3 Å². The first kappa shape index (κ1) is 16.6. The third-order valence-corrected chi connectivity index (χ3v) is 4.58. The van der Waals surface area contributed by atoms with Gasteiger partial charge in [0.15, 0.2) is 0 Å². The Balaban J connectivity index is 1.43. The number of amides is 1. The van der Waals surface area contributed by atoms with E-state index in [2.05, 4.69) is 25.7 Å². The van der Waals surface area contributed by atoms with Crippen molar-refractivity contribution in [3.63, 3.8) is 0 Å². The van der Waals surface area contributed by atoms with E-state index in [4.69, 9.17) is 0 Å². The highest BCUT2D eigenvalue weighted by atomic mass is 32.1. The van der Waals surface area contributed by atoms with Gasteiger partial charge in [-0.1, -0.05) is 41.7 Å². The number of carbonyl (C=O) groups excluding carboxylic acids is 1. The van der Waals surface area contributed by atoms with Crippen LogP contribution in [0.1, 0.15) is 18.4 Å². The average Bonchev–Trinajstić information content (AvgIpc) is 3.26. The van der Waals surface area contributed by atoms with Crippen molar-refractivity contribution >= 4 is 33.6 Å². The minimum Gasteiger partial charge on any atom is -0.359 e. The molecule has 1 aromatic heterocycles. The van der Waals surface area contributed by atoms with Gasteiger partial charge in [-0.25, -0.2) is 0 Å². The first-order valence-corrected chi connectivity index (χ1v) is 8.95. The molecular formula is C17H21N5OS. The van der Waals surface area contributed by atoms with Gasteiger partial charge in [-0.15, -0.1) is 10.2 Å². The van der Waals surface area contributed by atoms with Gasteiger partial charge in [0.25, 0.3) is 0 Å². The molecule has 1 aliphatic rings. The van der Waals surface area contributed by atoms with Crippen molar-refractivity contribution < 1.29 is 4.79 Å². The van der Waals surface area contributed by atoms with Crippen molar-refractivity contribution in [3.05, 3.63) is 42.0 Å². The zero-order valence-corrected chi connectivity index (χ0v) is 14.3. The Hall–Kier alpha value is -2.25. The second-order valence-electron chi connectivity index (χ2n) is 5.62. The highest BCUT2D eigenvalue weighted by molar-refractivity contribution is 7.19. The number of likely N-dealkylation sites (tertiary alicyclic amines) is 1. The van der Waals surface area contributed by atoms with Gasteiger partial charge in [0, 0.05) is 19.2 Å². The quantitative estimate of drug-likeness (QED) is 0.757. The molecule has 0 radical (unpaired) electrons. The molecular weight excluding hydrogens is 322 g/mol. The molecule has 1 fully saturated rings. The minimum atomic E-state index is -0.210. The van der Waals surface area contributed by atoms with Gasteiger partial charge >= 0.3 is 0 Å².